The minimum absolute atomic E-state index is 0.0500. The van der Waals surface area contributed by atoms with Crippen LogP contribution >= 0.6 is 11.3 Å². The molecule has 1 aromatic heterocycles. The van der Waals surface area contributed by atoms with E-state index in [4.69, 9.17) is 4.74 Å². The van der Waals surface area contributed by atoms with Gasteiger partial charge in [-0.1, -0.05) is 24.3 Å². The molecule has 2 amide bonds. The van der Waals surface area contributed by atoms with Crippen LogP contribution in [0.2, 0.25) is 0 Å². The van der Waals surface area contributed by atoms with E-state index in [-0.39, 0.29) is 23.6 Å². The Morgan fingerprint density at radius 3 is 2.81 bits per heavy atom. The van der Waals surface area contributed by atoms with Crippen molar-refractivity contribution >= 4 is 29.2 Å². The molecule has 1 atom stereocenters. The fourth-order valence-electron chi connectivity index (χ4n) is 2.80. The van der Waals surface area contributed by atoms with Crippen molar-refractivity contribution < 1.29 is 14.3 Å². The molecule has 1 aliphatic heterocycles. The molecule has 2 N–H and O–H groups in total. The van der Waals surface area contributed by atoms with Crippen molar-refractivity contribution in [3.05, 3.63) is 63.5 Å². The maximum atomic E-state index is 12.6. The van der Waals surface area contributed by atoms with Crippen molar-refractivity contribution in [2.45, 2.75) is 25.9 Å². The first-order valence-electron chi connectivity index (χ1n) is 8.65. The summed E-state index contributed by atoms with van der Waals surface area (Å²) >= 11 is 1.51. The van der Waals surface area contributed by atoms with E-state index in [1.807, 2.05) is 42.6 Å². The van der Waals surface area contributed by atoms with E-state index in [0.717, 1.165) is 29.9 Å². The summed E-state index contributed by atoms with van der Waals surface area (Å²) in [7, 11) is 0. The Balaban J connectivity index is 1.74. The number of thiophene rings is 1. The van der Waals surface area contributed by atoms with E-state index >= 15 is 0 Å². The maximum Gasteiger partial charge on any atom is 0.267 e. The first-order valence-corrected chi connectivity index (χ1v) is 9.53. The highest BCUT2D eigenvalue weighted by atomic mass is 32.1. The molecule has 0 aliphatic carbocycles. The lowest BCUT2D eigenvalue weighted by atomic mass is 10.1. The van der Waals surface area contributed by atoms with Crippen LogP contribution in [-0.4, -0.2) is 31.1 Å². The Labute approximate surface area is 157 Å². The SMILES string of the molecule is Cc1ccccc1C(=O)N/C(=C\c1cccs1)C(=O)NC[C@@H]1CCCO1. The molecule has 0 radical (unpaired) electrons. The molecule has 0 saturated carbocycles. The third kappa shape index (κ3) is 4.80. The summed E-state index contributed by atoms with van der Waals surface area (Å²) < 4.78 is 5.54. The molecule has 26 heavy (non-hydrogen) atoms. The lowest BCUT2D eigenvalue weighted by Crippen LogP contribution is -2.38. The van der Waals surface area contributed by atoms with Gasteiger partial charge in [-0.15, -0.1) is 11.3 Å². The average Bonchev–Trinajstić information content (AvgIpc) is 3.33. The minimum Gasteiger partial charge on any atom is -0.376 e. The Kier molecular flexibility index (Phi) is 6.20. The highest BCUT2D eigenvalue weighted by Crippen LogP contribution is 2.15. The Morgan fingerprint density at radius 2 is 2.12 bits per heavy atom. The van der Waals surface area contributed by atoms with E-state index in [0.29, 0.717) is 12.1 Å². The van der Waals surface area contributed by atoms with Gasteiger partial charge in [-0.3, -0.25) is 9.59 Å². The first kappa shape index (κ1) is 18.4. The second-order valence-corrected chi connectivity index (χ2v) is 7.17. The van der Waals surface area contributed by atoms with Crippen molar-refractivity contribution in [3.63, 3.8) is 0 Å². The van der Waals surface area contributed by atoms with Gasteiger partial charge in [0.05, 0.1) is 6.10 Å². The van der Waals surface area contributed by atoms with Gasteiger partial charge in [0.25, 0.3) is 11.8 Å². The molecule has 5 nitrogen and oxygen atoms in total. The molecule has 1 aromatic carbocycles. The van der Waals surface area contributed by atoms with Crippen molar-refractivity contribution in [3.8, 4) is 0 Å². The second kappa shape index (κ2) is 8.78. The molecule has 2 heterocycles. The molecule has 6 heteroatoms. The van der Waals surface area contributed by atoms with Gasteiger partial charge in [-0.05, 0) is 48.9 Å². The van der Waals surface area contributed by atoms with E-state index in [1.54, 1.807) is 12.1 Å². The largest absolute Gasteiger partial charge is 0.376 e. The number of benzene rings is 1. The van der Waals surface area contributed by atoms with Gasteiger partial charge in [0.1, 0.15) is 5.70 Å². The quantitative estimate of drug-likeness (QED) is 0.768. The summed E-state index contributed by atoms with van der Waals surface area (Å²) in [4.78, 5) is 26.1. The number of aryl methyl sites for hydroxylation is 1. The monoisotopic (exact) mass is 370 g/mol. The van der Waals surface area contributed by atoms with E-state index in [1.165, 1.54) is 11.3 Å². The fourth-order valence-corrected chi connectivity index (χ4v) is 3.46. The number of hydrogen-bond acceptors (Lipinski definition) is 4. The topological polar surface area (TPSA) is 67.4 Å². The number of rotatable bonds is 6. The zero-order valence-corrected chi connectivity index (χ0v) is 15.5. The number of ether oxygens (including phenoxy) is 1. The summed E-state index contributed by atoms with van der Waals surface area (Å²) in [6, 6.07) is 11.1. The summed E-state index contributed by atoms with van der Waals surface area (Å²) in [5, 5.41) is 7.56. The average molecular weight is 370 g/mol. The van der Waals surface area contributed by atoms with Crippen molar-refractivity contribution in [1.29, 1.82) is 0 Å². The Bertz CT molecular complexity index is 793. The maximum absolute atomic E-state index is 12.6. The molecular weight excluding hydrogens is 348 g/mol. The van der Waals surface area contributed by atoms with Gasteiger partial charge < -0.3 is 15.4 Å². The number of carbonyl (C=O) groups excluding carboxylic acids is 2. The lowest BCUT2D eigenvalue weighted by Gasteiger charge is -2.14. The van der Waals surface area contributed by atoms with Crippen LogP contribution in [0, 0.1) is 6.92 Å². The number of nitrogens with one attached hydrogen (secondary N) is 2. The number of hydrogen-bond donors (Lipinski definition) is 2. The summed E-state index contributed by atoms with van der Waals surface area (Å²) in [6.45, 7) is 3.05. The van der Waals surface area contributed by atoms with Crippen LogP contribution in [0.1, 0.15) is 33.6 Å². The van der Waals surface area contributed by atoms with Gasteiger partial charge >= 0.3 is 0 Å². The molecule has 0 bridgehead atoms. The molecule has 0 unspecified atom stereocenters. The highest BCUT2D eigenvalue weighted by molar-refractivity contribution is 7.10. The van der Waals surface area contributed by atoms with Crippen LogP contribution in [0.25, 0.3) is 6.08 Å². The van der Waals surface area contributed by atoms with E-state index < -0.39 is 0 Å². The van der Waals surface area contributed by atoms with Crippen molar-refractivity contribution in [1.82, 2.24) is 10.6 Å². The van der Waals surface area contributed by atoms with Gasteiger partial charge in [0, 0.05) is 23.6 Å². The van der Waals surface area contributed by atoms with Crippen LogP contribution in [0.4, 0.5) is 0 Å². The number of carbonyl (C=O) groups is 2. The third-order valence-electron chi connectivity index (χ3n) is 4.23. The zero-order chi connectivity index (χ0) is 18.4. The van der Waals surface area contributed by atoms with Crippen molar-refractivity contribution in [2.75, 3.05) is 13.2 Å². The normalized spacial score (nSPS) is 17.1. The molecule has 0 spiro atoms. The zero-order valence-electron chi connectivity index (χ0n) is 14.7. The van der Waals surface area contributed by atoms with Gasteiger partial charge in [0.15, 0.2) is 0 Å². The predicted molar refractivity (Wildman–Crippen MR) is 103 cm³/mol. The van der Waals surface area contributed by atoms with Crippen LogP contribution in [0.3, 0.4) is 0 Å². The third-order valence-corrected chi connectivity index (χ3v) is 5.05. The molecule has 2 aromatic rings. The van der Waals surface area contributed by atoms with Crippen LogP contribution in [0.5, 0.6) is 0 Å². The summed E-state index contributed by atoms with van der Waals surface area (Å²) in [5.41, 5.74) is 1.65. The molecule has 1 saturated heterocycles. The first-order chi connectivity index (χ1) is 12.6. The molecule has 3 rings (SSSR count). The molecular formula is C20H22N2O3S. The highest BCUT2D eigenvalue weighted by Gasteiger charge is 2.19. The predicted octanol–water partition coefficient (Wildman–Crippen LogP) is 3.12. The Hall–Kier alpha value is -2.44. The number of amides is 2. The van der Waals surface area contributed by atoms with Crippen molar-refractivity contribution in [2.24, 2.45) is 0 Å². The van der Waals surface area contributed by atoms with Gasteiger partial charge in [-0.2, -0.15) is 0 Å². The molecule has 1 aliphatic rings. The van der Waals surface area contributed by atoms with E-state index in [2.05, 4.69) is 10.6 Å². The minimum atomic E-state index is -0.309. The van der Waals surface area contributed by atoms with Crippen LogP contribution in [-0.2, 0) is 9.53 Å². The molecule has 136 valence electrons. The molecule has 1 fully saturated rings. The van der Waals surface area contributed by atoms with Crippen LogP contribution < -0.4 is 10.6 Å². The summed E-state index contributed by atoms with van der Waals surface area (Å²) in [5.74, 6) is -0.603. The lowest BCUT2D eigenvalue weighted by molar-refractivity contribution is -0.118. The van der Waals surface area contributed by atoms with Gasteiger partial charge in [-0.25, -0.2) is 0 Å². The standard InChI is InChI=1S/C20H22N2O3S/c1-14-6-2-3-9-17(14)19(23)22-18(12-16-8-5-11-26-16)20(24)21-13-15-7-4-10-25-15/h2-3,5-6,8-9,11-12,15H,4,7,10,13H2,1H3,(H,21,24)(H,22,23)/b18-12-/t15-/m0/s1. The van der Waals surface area contributed by atoms with E-state index in [9.17, 15) is 9.59 Å². The second-order valence-electron chi connectivity index (χ2n) is 6.19. The van der Waals surface area contributed by atoms with Gasteiger partial charge in [0.2, 0.25) is 0 Å². The Morgan fingerprint density at radius 1 is 1.27 bits per heavy atom. The smallest absolute Gasteiger partial charge is 0.267 e. The van der Waals surface area contributed by atoms with Crippen LogP contribution in [0.15, 0.2) is 47.5 Å². The fraction of sp³-hybridized carbons (Fsp3) is 0.300. The summed E-state index contributed by atoms with van der Waals surface area (Å²) in [6.07, 6.45) is 3.71.